The van der Waals surface area contributed by atoms with Crippen molar-refractivity contribution in [2.45, 2.75) is 12.1 Å². The summed E-state index contributed by atoms with van der Waals surface area (Å²) < 4.78 is 39.5. The Bertz CT molecular complexity index is 1150. The van der Waals surface area contributed by atoms with Gasteiger partial charge >= 0.3 is 12.1 Å². The average molecular weight is 447 g/mol. The molecule has 2 heterocycles. The molecular formula is C21H14ClF3N4O2. The molecule has 31 heavy (non-hydrogen) atoms. The number of benzene rings is 2. The van der Waals surface area contributed by atoms with Gasteiger partial charge < -0.3 is 5.11 Å². The number of hydrazone groups is 1. The second-order valence-electron chi connectivity index (χ2n) is 6.77. The largest absolute Gasteiger partial charge is 0.477 e. The van der Waals surface area contributed by atoms with Crippen molar-refractivity contribution in [1.29, 1.82) is 0 Å². The standard InChI is InChI=1S/C21H14ClF3N4O2/c22-14-8-6-13(7-9-14)17-16(12-4-2-1-3-5-12)11-29(28-17)18-15(19(30)31)10-26-20(27-18)21(23,24)25/h1-10,16H,11H2,(H,30,31). The fourth-order valence-corrected chi connectivity index (χ4v) is 3.45. The van der Waals surface area contributed by atoms with Crippen LogP contribution in [0.2, 0.25) is 5.02 Å². The van der Waals surface area contributed by atoms with Crippen LogP contribution in [-0.2, 0) is 6.18 Å². The normalized spacial score (nSPS) is 16.3. The molecule has 2 aromatic carbocycles. The summed E-state index contributed by atoms with van der Waals surface area (Å²) in [6, 6.07) is 16.1. The lowest BCUT2D eigenvalue weighted by Gasteiger charge is -2.18. The second-order valence-corrected chi connectivity index (χ2v) is 7.21. The van der Waals surface area contributed by atoms with Crippen LogP contribution in [0.5, 0.6) is 0 Å². The number of carboxylic acid groups (broad SMARTS) is 1. The van der Waals surface area contributed by atoms with Crippen molar-refractivity contribution in [1.82, 2.24) is 9.97 Å². The molecule has 0 fully saturated rings. The highest BCUT2D eigenvalue weighted by atomic mass is 35.5. The van der Waals surface area contributed by atoms with Crippen LogP contribution in [0.25, 0.3) is 0 Å². The molecular weight excluding hydrogens is 433 g/mol. The van der Waals surface area contributed by atoms with E-state index >= 15 is 0 Å². The summed E-state index contributed by atoms with van der Waals surface area (Å²) in [6.45, 7) is 0.108. The molecule has 6 nitrogen and oxygen atoms in total. The predicted octanol–water partition coefficient (Wildman–Crippen LogP) is 4.86. The number of carbonyl (C=O) groups is 1. The van der Waals surface area contributed by atoms with Gasteiger partial charge in [-0.2, -0.15) is 18.3 Å². The second kappa shape index (κ2) is 7.99. The zero-order chi connectivity index (χ0) is 22.2. The van der Waals surface area contributed by atoms with Crippen LogP contribution in [0.1, 0.15) is 33.2 Å². The highest BCUT2D eigenvalue weighted by molar-refractivity contribution is 6.30. The van der Waals surface area contributed by atoms with E-state index in [1.54, 1.807) is 24.3 Å². The molecule has 1 aromatic heterocycles. The lowest BCUT2D eigenvalue weighted by atomic mass is 9.91. The average Bonchev–Trinajstić information content (AvgIpc) is 3.19. The molecule has 1 aliphatic rings. The van der Waals surface area contributed by atoms with Gasteiger partial charge in [0.15, 0.2) is 5.82 Å². The summed E-state index contributed by atoms with van der Waals surface area (Å²) in [5.74, 6) is -3.62. The van der Waals surface area contributed by atoms with E-state index < -0.39 is 29.4 Å². The number of aromatic carboxylic acids is 1. The van der Waals surface area contributed by atoms with Crippen molar-refractivity contribution in [3.63, 3.8) is 0 Å². The molecule has 0 bridgehead atoms. The van der Waals surface area contributed by atoms with Crippen molar-refractivity contribution in [3.8, 4) is 0 Å². The van der Waals surface area contributed by atoms with Gasteiger partial charge in [0.25, 0.3) is 0 Å². The van der Waals surface area contributed by atoms with Crippen molar-refractivity contribution >= 4 is 29.1 Å². The Labute approximate surface area is 179 Å². The number of hydrogen-bond acceptors (Lipinski definition) is 5. The maximum atomic E-state index is 13.2. The molecule has 0 amide bonds. The summed E-state index contributed by atoms with van der Waals surface area (Å²) in [4.78, 5) is 18.3. The Hall–Kier alpha value is -3.46. The summed E-state index contributed by atoms with van der Waals surface area (Å²) >= 11 is 5.97. The minimum Gasteiger partial charge on any atom is -0.477 e. The first-order valence-corrected chi connectivity index (χ1v) is 9.46. The molecule has 0 saturated heterocycles. The van der Waals surface area contributed by atoms with Crippen LogP contribution in [0.15, 0.2) is 65.9 Å². The smallest absolute Gasteiger partial charge is 0.451 e. The Balaban J connectivity index is 1.84. The molecule has 0 spiro atoms. The van der Waals surface area contributed by atoms with Gasteiger partial charge in [0.1, 0.15) is 5.56 Å². The third-order valence-electron chi connectivity index (χ3n) is 4.75. The number of aromatic nitrogens is 2. The Morgan fingerprint density at radius 3 is 2.39 bits per heavy atom. The molecule has 1 aliphatic heterocycles. The van der Waals surface area contributed by atoms with E-state index in [9.17, 15) is 23.1 Å². The summed E-state index contributed by atoms with van der Waals surface area (Å²) in [7, 11) is 0. The van der Waals surface area contributed by atoms with E-state index in [2.05, 4.69) is 15.1 Å². The SMILES string of the molecule is O=C(O)c1cnc(C(F)(F)F)nc1N1CC(c2ccccc2)C(c2ccc(Cl)cc2)=N1. The van der Waals surface area contributed by atoms with Gasteiger partial charge in [0.05, 0.1) is 12.3 Å². The number of rotatable bonds is 4. The van der Waals surface area contributed by atoms with Crippen molar-refractivity contribution in [2.24, 2.45) is 5.10 Å². The third kappa shape index (κ3) is 4.22. The minimum absolute atomic E-state index is 0.108. The molecule has 158 valence electrons. The molecule has 1 N–H and O–H groups in total. The van der Waals surface area contributed by atoms with Gasteiger partial charge in [-0.15, -0.1) is 0 Å². The van der Waals surface area contributed by atoms with E-state index in [0.717, 1.165) is 5.56 Å². The number of carboxylic acids is 1. The van der Waals surface area contributed by atoms with Crippen LogP contribution in [0.4, 0.5) is 19.0 Å². The van der Waals surface area contributed by atoms with Gasteiger partial charge in [-0.1, -0.05) is 54.1 Å². The van der Waals surface area contributed by atoms with E-state index in [-0.39, 0.29) is 12.5 Å². The topological polar surface area (TPSA) is 78.7 Å². The maximum Gasteiger partial charge on any atom is 0.451 e. The van der Waals surface area contributed by atoms with Crippen molar-refractivity contribution in [3.05, 3.63) is 88.3 Å². The van der Waals surface area contributed by atoms with Gasteiger partial charge in [0, 0.05) is 17.1 Å². The third-order valence-corrected chi connectivity index (χ3v) is 5.01. The fraction of sp³-hybridized carbons (Fsp3) is 0.143. The van der Waals surface area contributed by atoms with Gasteiger partial charge in [-0.25, -0.2) is 19.8 Å². The fourth-order valence-electron chi connectivity index (χ4n) is 3.32. The highest BCUT2D eigenvalue weighted by Crippen LogP contribution is 2.34. The van der Waals surface area contributed by atoms with Crippen LogP contribution >= 0.6 is 11.6 Å². The summed E-state index contributed by atoms with van der Waals surface area (Å²) in [5, 5.41) is 15.6. The van der Waals surface area contributed by atoms with Gasteiger partial charge in [-0.3, -0.25) is 0 Å². The van der Waals surface area contributed by atoms with Crippen LogP contribution in [0, 0.1) is 0 Å². The Morgan fingerprint density at radius 1 is 1.10 bits per heavy atom. The quantitative estimate of drug-likeness (QED) is 0.619. The zero-order valence-corrected chi connectivity index (χ0v) is 16.5. The lowest BCUT2D eigenvalue weighted by Crippen LogP contribution is -2.23. The molecule has 1 atom stereocenters. The monoisotopic (exact) mass is 446 g/mol. The van der Waals surface area contributed by atoms with Crippen LogP contribution in [0.3, 0.4) is 0 Å². The molecule has 0 saturated carbocycles. The Kier molecular flexibility index (Phi) is 5.36. The van der Waals surface area contributed by atoms with E-state index in [1.807, 2.05) is 30.3 Å². The van der Waals surface area contributed by atoms with E-state index in [0.29, 0.717) is 22.5 Å². The molecule has 1 unspecified atom stereocenters. The number of anilines is 1. The van der Waals surface area contributed by atoms with Crippen LogP contribution < -0.4 is 5.01 Å². The van der Waals surface area contributed by atoms with E-state index in [1.165, 1.54) is 5.01 Å². The highest BCUT2D eigenvalue weighted by Gasteiger charge is 2.38. The molecule has 4 rings (SSSR count). The Morgan fingerprint density at radius 2 is 1.77 bits per heavy atom. The predicted molar refractivity (Wildman–Crippen MR) is 109 cm³/mol. The number of alkyl halides is 3. The lowest BCUT2D eigenvalue weighted by molar-refractivity contribution is -0.144. The number of halogens is 4. The molecule has 10 heteroatoms. The number of hydrogen-bond donors (Lipinski definition) is 1. The van der Waals surface area contributed by atoms with Crippen LogP contribution in [-0.4, -0.2) is 33.3 Å². The summed E-state index contributed by atoms with van der Waals surface area (Å²) in [6.07, 6.45) is -4.17. The first-order valence-electron chi connectivity index (χ1n) is 9.08. The van der Waals surface area contributed by atoms with E-state index in [4.69, 9.17) is 11.6 Å². The van der Waals surface area contributed by atoms with Gasteiger partial charge in [0.2, 0.25) is 5.82 Å². The molecule has 0 aliphatic carbocycles. The zero-order valence-electron chi connectivity index (χ0n) is 15.7. The first-order chi connectivity index (χ1) is 14.7. The first kappa shape index (κ1) is 20.8. The maximum absolute atomic E-state index is 13.2. The minimum atomic E-state index is -4.83. The van der Waals surface area contributed by atoms with Gasteiger partial charge in [-0.05, 0) is 23.3 Å². The summed E-state index contributed by atoms with van der Waals surface area (Å²) in [5.41, 5.74) is 1.68. The molecule has 0 radical (unpaired) electrons. The van der Waals surface area contributed by atoms with Crippen molar-refractivity contribution < 1.29 is 23.1 Å². The number of nitrogens with zero attached hydrogens (tertiary/aromatic N) is 4. The molecule has 3 aromatic rings. The van der Waals surface area contributed by atoms with Crippen molar-refractivity contribution in [2.75, 3.05) is 11.6 Å².